The molecule has 0 bridgehead atoms. The monoisotopic (exact) mass is 302 g/mol. The molecule has 0 saturated carbocycles. The van der Waals surface area contributed by atoms with Gasteiger partial charge in [0.25, 0.3) is 0 Å². The Morgan fingerprint density at radius 3 is 2.71 bits per heavy atom. The smallest absolute Gasteiger partial charge is 0.248 e. The summed E-state index contributed by atoms with van der Waals surface area (Å²) in [5, 5.41) is 1.67. The van der Waals surface area contributed by atoms with E-state index in [4.69, 9.17) is 17.3 Å². The van der Waals surface area contributed by atoms with Crippen molar-refractivity contribution in [2.45, 2.75) is 6.54 Å². The second kappa shape index (κ2) is 5.22. The van der Waals surface area contributed by atoms with E-state index >= 15 is 0 Å². The lowest BCUT2D eigenvalue weighted by Crippen LogP contribution is -2.12. The first kappa shape index (κ1) is 13.6. The van der Waals surface area contributed by atoms with Gasteiger partial charge in [-0.15, -0.1) is 0 Å². The highest BCUT2D eigenvalue weighted by Gasteiger charge is 2.09. The third-order valence-electron chi connectivity index (χ3n) is 3.41. The highest BCUT2D eigenvalue weighted by Crippen LogP contribution is 2.22. The van der Waals surface area contributed by atoms with E-state index in [9.17, 15) is 9.18 Å². The number of nitrogens with zero attached hydrogens (tertiary/aromatic N) is 1. The topological polar surface area (TPSA) is 48.0 Å². The lowest BCUT2D eigenvalue weighted by atomic mass is 10.1. The zero-order valence-electron chi connectivity index (χ0n) is 11.0. The fourth-order valence-electron chi connectivity index (χ4n) is 2.31. The van der Waals surface area contributed by atoms with Gasteiger partial charge in [-0.05, 0) is 35.7 Å². The maximum Gasteiger partial charge on any atom is 0.248 e. The molecule has 0 unspecified atom stereocenters. The van der Waals surface area contributed by atoms with Crippen LogP contribution in [0.1, 0.15) is 15.9 Å². The van der Waals surface area contributed by atoms with Crippen LogP contribution in [0.3, 0.4) is 0 Å². The van der Waals surface area contributed by atoms with Gasteiger partial charge in [0.1, 0.15) is 5.82 Å². The summed E-state index contributed by atoms with van der Waals surface area (Å²) in [7, 11) is 0. The fraction of sp³-hybridized carbons (Fsp3) is 0.0625. The number of aromatic nitrogens is 1. The highest BCUT2D eigenvalue weighted by molar-refractivity contribution is 6.31. The molecule has 0 aliphatic carbocycles. The Hall–Kier alpha value is -2.33. The molecule has 5 heteroatoms. The molecule has 0 aliphatic heterocycles. The molecule has 3 rings (SSSR count). The summed E-state index contributed by atoms with van der Waals surface area (Å²) in [5.74, 6) is -1.09. The number of fused-ring (bicyclic) bond motifs is 1. The fourth-order valence-corrected chi connectivity index (χ4v) is 2.47. The minimum Gasteiger partial charge on any atom is -0.366 e. The zero-order valence-corrected chi connectivity index (χ0v) is 11.8. The van der Waals surface area contributed by atoms with E-state index in [-0.39, 0.29) is 5.56 Å². The number of primary amides is 1. The average molecular weight is 303 g/mol. The van der Waals surface area contributed by atoms with Gasteiger partial charge >= 0.3 is 0 Å². The summed E-state index contributed by atoms with van der Waals surface area (Å²) in [5.41, 5.74) is 6.71. The summed E-state index contributed by atoms with van der Waals surface area (Å²) in [6.07, 6.45) is 1.88. The van der Waals surface area contributed by atoms with Gasteiger partial charge in [-0.3, -0.25) is 4.79 Å². The highest BCUT2D eigenvalue weighted by atomic mass is 35.5. The summed E-state index contributed by atoms with van der Waals surface area (Å²) in [4.78, 5) is 11.0. The molecule has 1 amide bonds. The molecular formula is C16H12ClFN2O. The van der Waals surface area contributed by atoms with Crippen LogP contribution >= 0.6 is 11.6 Å². The van der Waals surface area contributed by atoms with Crippen LogP contribution in [0.5, 0.6) is 0 Å². The first-order valence-electron chi connectivity index (χ1n) is 6.37. The van der Waals surface area contributed by atoms with E-state index in [2.05, 4.69) is 0 Å². The van der Waals surface area contributed by atoms with Crippen LogP contribution in [-0.4, -0.2) is 10.5 Å². The van der Waals surface area contributed by atoms with Gasteiger partial charge in [0.15, 0.2) is 0 Å². The Bertz CT molecular complexity index is 841. The van der Waals surface area contributed by atoms with Crippen molar-refractivity contribution in [1.29, 1.82) is 0 Å². The van der Waals surface area contributed by atoms with Crippen molar-refractivity contribution in [2.75, 3.05) is 0 Å². The third-order valence-corrected chi connectivity index (χ3v) is 3.65. The summed E-state index contributed by atoms with van der Waals surface area (Å²) in [6.45, 7) is 0.356. The minimum atomic E-state index is -0.640. The van der Waals surface area contributed by atoms with E-state index in [1.165, 1.54) is 6.07 Å². The number of amides is 1. The molecule has 0 radical (unpaired) electrons. The van der Waals surface area contributed by atoms with Gasteiger partial charge in [-0.2, -0.15) is 0 Å². The number of halogens is 2. The predicted octanol–water partition coefficient (Wildman–Crippen LogP) is 3.58. The van der Waals surface area contributed by atoms with E-state index in [0.717, 1.165) is 17.0 Å². The number of hydrogen-bond acceptors (Lipinski definition) is 1. The minimum absolute atomic E-state index is 0.164. The van der Waals surface area contributed by atoms with E-state index in [0.29, 0.717) is 17.1 Å². The molecular weight excluding hydrogens is 291 g/mol. The predicted molar refractivity (Wildman–Crippen MR) is 81.0 cm³/mol. The molecule has 0 atom stereocenters. The van der Waals surface area contributed by atoms with Gasteiger partial charge in [0.05, 0.1) is 6.54 Å². The molecule has 0 aliphatic rings. The average Bonchev–Trinajstić information content (AvgIpc) is 2.83. The van der Waals surface area contributed by atoms with Gasteiger partial charge in [-0.1, -0.05) is 23.7 Å². The Balaban J connectivity index is 1.99. The van der Waals surface area contributed by atoms with Crippen LogP contribution in [0.25, 0.3) is 10.9 Å². The second-order valence-corrected chi connectivity index (χ2v) is 5.25. The lowest BCUT2D eigenvalue weighted by Gasteiger charge is -2.08. The van der Waals surface area contributed by atoms with Crippen LogP contribution in [0.4, 0.5) is 4.39 Å². The van der Waals surface area contributed by atoms with Crippen molar-refractivity contribution >= 4 is 28.4 Å². The molecule has 0 saturated heterocycles. The zero-order chi connectivity index (χ0) is 15.0. The maximum atomic E-state index is 14.0. The van der Waals surface area contributed by atoms with Gasteiger partial charge in [-0.25, -0.2) is 4.39 Å². The molecule has 3 aromatic rings. The number of rotatable bonds is 3. The number of hydrogen-bond donors (Lipinski definition) is 1. The van der Waals surface area contributed by atoms with Crippen molar-refractivity contribution < 1.29 is 9.18 Å². The Kier molecular flexibility index (Phi) is 3.39. The van der Waals surface area contributed by atoms with Crippen LogP contribution < -0.4 is 5.73 Å². The second-order valence-electron chi connectivity index (χ2n) is 4.82. The van der Waals surface area contributed by atoms with Crippen molar-refractivity contribution in [1.82, 2.24) is 4.57 Å². The van der Waals surface area contributed by atoms with Crippen molar-refractivity contribution in [3.63, 3.8) is 0 Å². The van der Waals surface area contributed by atoms with E-state index in [1.54, 1.807) is 6.07 Å². The number of carbonyl (C=O) groups is 1. The molecule has 0 fully saturated rings. The van der Waals surface area contributed by atoms with E-state index < -0.39 is 11.7 Å². The lowest BCUT2D eigenvalue weighted by molar-refractivity contribution is 0.1000. The Morgan fingerprint density at radius 2 is 2.00 bits per heavy atom. The van der Waals surface area contributed by atoms with E-state index in [1.807, 2.05) is 35.0 Å². The molecule has 21 heavy (non-hydrogen) atoms. The normalized spacial score (nSPS) is 11.0. The van der Waals surface area contributed by atoms with Gasteiger partial charge < -0.3 is 10.3 Å². The largest absolute Gasteiger partial charge is 0.366 e. The molecule has 0 spiro atoms. The summed E-state index contributed by atoms with van der Waals surface area (Å²) < 4.78 is 15.9. The molecule has 2 aromatic carbocycles. The van der Waals surface area contributed by atoms with Crippen molar-refractivity contribution in [3.8, 4) is 0 Å². The first-order valence-corrected chi connectivity index (χ1v) is 6.75. The van der Waals surface area contributed by atoms with Gasteiger partial charge in [0.2, 0.25) is 5.91 Å². The van der Waals surface area contributed by atoms with Crippen molar-refractivity contribution in [2.24, 2.45) is 5.73 Å². The van der Waals surface area contributed by atoms with Crippen LogP contribution in [-0.2, 0) is 6.54 Å². The number of benzene rings is 2. The Labute approximate surface area is 125 Å². The van der Waals surface area contributed by atoms with Crippen LogP contribution in [0.2, 0.25) is 5.02 Å². The first-order chi connectivity index (χ1) is 10.0. The molecule has 3 nitrogen and oxygen atoms in total. The van der Waals surface area contributed by atoms with Gasteiger partial charge in [0, 0.05) is 27.9 Å². The summed E-state index contributed by atoms with van der Waals surface area (Å²) >= 11 is 6.00. The molecule has 2 N–H and O–H groups in total. The maximum absolute atomic E-state index is 14.0. The van der Waals surface area contributed by atoms with Crippen LogP contribution in [0.15, 0.2) is 48.7 Å². The molecule has 1 heterocycles. The third kappa shape index (κ3) is 2.62. The summed E-state index contributed by atoms with van der Waals surface area (Å²) in [6, 6.07) is 11.8. The molecule has 1 aromatic heterocycles. The SMILES string of the molecule is NC(=O)c1ccc(Cn2ccc3ccc(Cl)cc32)c(F)c1. The number of nitrogens with two attached hydrogens (primary N) is 1. The molecule has 106 valence electrons. The number of carbonyl (C=O) groups excluding carboxylic acids is 1. The van der Waals surface area contributed by atoms with Crippen LogP contribution in [0, 0.1) is 5.82 Å². The quantitative estimate of drug-likeness (QED) is 0.790. The van der Waals surface area contributed by atoms with Crippen molar-refractivity contribution in [3.05, 3.63) is 70.6 Å². The Morgan fingerprint density at radius 1 is 1.19 bits per heavy atom. The standard InChI is InChI=1S/C16H12ClFN2O/c17-13-4-3-10-5-6-20(15(10)8-13)9-12-2-1-11(16(19)21)7-14(12)18/h1-8H,9H2,(H2,19,21).